The van der Waals surface area contributed by atoms with Crippen LogP contribution in [0.25, 0.3) is 0 Å². The molecule has 3 nitrogen and oxygen atoms in total. The zero-order valence-electron chi connectivity index (χ0n) is 6.34. The lowest BCUT2D eigenvalue weighted by molar-refractivity contribution is 0.146. The maximum absolute atomic E-state index is 12.2. The predicted octanol–water partition coefficient (Wildman–Crippen LogP) is 1.98. The Morgan fingerprint density at radius 1 is 1.54 bits per heavy atom. The molecule has 0 saturated heterocycles. The number of aliphatic hydroxyl groups excluding tert-OH is 1. The van der Waals surface area contributed by atoms with Crippen molar-refractivity contribution in [2.45, 2.75) is 13.0 Å². The maximum atomic E-state index is 12.2. The smallest absolute Gasteiger partial charge is 0.267 e. The SMILES string of the molecule is OCc1nc(Br)cc(C(F)F)c1O. The number of aromatic nitrogens is 1. The van der Waals surface area contributed by atoms with Crippen LogP contribution in [0.2, 0.25) is 0 Å². The van der Waals surface area contributed by atoms with Crippen LogP contribution < -0.4 is 0 Å². The van der Waals surface area contributed by atoms with Crippen LogP contribution in [0.3, 0.4) is 0 Å². The molecule has 0 aliphatic carbocycles. The van der Waals surface area contributed by atoms with E-state index in [9.17, 15) is 8.78 Å². The van der Waals surface area contributed by atoms with Gasteiger partial charge in [0, 0.05) is 0 Å². The van der Waals surface area contributed by atoms with Gasteiger partial charge in [-0.15, -0.1) is 0 Å². The van der Waals surface area contributed by atoms with Crippen LogP contribution in [0.5, 0.6) is 5.75 Å². The van der Waals surface area contributed by atoms with Crippen molar-refractivity contribution in [2.24, 2.45) is 0 Å². The Morgan fingerprint density at radius 3 is 2.62 bits per heavy atom. The molecule has 0 fully saturated rings. The lowest BCUT2D eigenvalue weighted by Gasteiger charge is -2.07. The van der Waals surface area contributed by atoms with Crippen LogP contribution in [0.1, 0.15) is 17.7 Å². The van der Waals surface area contributed by atoms with Gasteiger partial charge in [-0.05, 0) is 22.0 Å². The summed E-state index contributed by atoms with van der Waals surface area (Å²) in [5.41, 5.74) is -0.699. The molecule has 0 aromatic carbocycles. The summed E-state index contributed by atoms with van der Waals surface area (Å²) < 4.78 is 24.6. The van der Waals surface area contributed by atoms with Crippen molar-refractivity contribution < 1.29 is 19.0 Å². The fourth-order valence-electron chi connectivity index (χ4n) is 0.854. The van der Waals surface area contributed by atoms with Crippen LogP contribution in [-0.2, 0) is 6.61 Å². The van der Waals surface area contributed by atoms with Gasteiger partial charge in [0.2, 0.25) is 0 Å². The Bertz CT molecular complexity index is 320. The highest BCUT2D eigenvalue weighted by molar-refractivity contribution is 9.10. The van der Waals surface area contributed by atoms with Gasteiger partial charge in [0.15, 0.2) is 0 Å². The first-order valence-corrected chi connectivity index (χ1v) is 4.13. The minimum Gasteiger partial charge on any atom is -0.505 e. The van der Waals surface area contributed by atoms with Crippen molar-refractivity contribution in [3.8, 4) is 5.75 Å². The number of aliphatic hydroxyl groups is 1. The Labute approximate surface area is 81.2 Å². The molecule has 0 aliphatic heterocycles. The van der Waals surface area contributed by atoms with E-state index in [1.807, 2.05) is 0 Å². The van der Waals surface area contributed by atoms with Crippen molar-refractivity contribution in [3.05, 3.63) is 21.9 Å². The molecule has 1 aromatic rings. The largest absolute Gasteiger partial charge is 0.505 e. The number of alkyl halides is 2. The van der Waals surface area contributed by atoms with Crippen LogP contribution in [0.15, 0.2) is 10.7 Å². The third-order valence-electron chi connectivity index (χ3n) is 1.45. The van der Waals surface area contributed by atoms with Crippen LogP contribution in [0.4, 0.5) is 8.78 Å². The van der Waals surface area contributed by atoms with E-state index in [1.165, 1.54) is 0 Å². The summed E-state index contributed by atoms with van der Waals surface area (Å²) in [4.78, 5) is 3.62. The van der Waals surface area contributed by atoms with Crippen molar-refractivity contribution in [1.29, 1.82) is 0 Å². The second kappa shape index (κ2) is 3.97. The molecule has 2 N–H and O–H groups in total. The molecule has 0 aliphatic rings. The summed E-state index contributed by atoms with van der Waals surface area (Å²) in [5, 5.41) is 17.8. The maximum Gasteiger partial charge on any atom is 0.267 e. The lowest BCUT2D eigenvalue weighted by atomic mass is 10.2. The van der Waals surface area contributed by atoms with Crippen LogP contribution >= 0.6 is 15.9 Å². The summed E-state index contributed by atoms with van der Waals surface area (Å²) in [6.45, 7) is -0.578. The Balaban J connectivity index is 3.27. The average Bonchev–Trinajstić information content (AvgIpc) is 2.08. The summed E-state index contributed by atoms with van der Waals surface area (Å²) in [5.74, 6) is -0.652. The highest BCUT2D eigenvalue weighted by atomic mass is 79.9. The molecule has 0 amide bonds. The molecule has 0 unspecified atom stereocenters. The molecule has 1 rings (SSSR count). The molecule has 1 heterocycles. The van der Waals surface area contributed by atoms with Gasteiger partial charge in [-0.3, -0.25) is 0 Å². The van der Waals surface area contributed by atoms with Gasteiger partial charge in [0.25, 0.3) is 6.43 Å². The number of halogens is 3. The number of hydrogen-bond donors (Lipinski definition) is 2. The topological polar surface area (TPSA) is 53.4 Å². The first kappa shape index (κ1) is 10.3. The van der Waals surface area contributed by atoms with E-state index in [0.717, 1.165) is 6.07 Å². The standard InChI is InChI=1S/C7H6BrF2NO2/c8-5-1-3(7(9)10)6(13)4(2-12)11-5/h1,7,12-13H,2H2. The number of nitrogens with zero attached hydrogens (tertiary/aromatic N) is 1. The van der Waals surface area contributed by atoms with Crippen LogP contribution in [-0.4, -0.2) is 15.2 Å². The van der Waals surface area contributed by atoms with E-state index in [-0.39, 0.29) is 10.3 Å². The molecule has 0 radical (unpaired) electrons. The number of aromatic hydroxyl groups is 1. The van der Waals surface area contributed by atoms with E-state index < -0.39 is 24.3 Å². The van der Waals surface area contributed by atoms with Gasteiger partial charge in [-0.1, -0.05) is 0 Å². The van der Waals surface area contributed by atoms with E-state index in [4.69, 9.17) is 10.2 Å². The monoisotopic (exact) mass is 253 g/mol. The highest BCUT2D eigenvalue weighted by Gasteiger charge is 2.17. The fourth-order valence-corrected chi connectivity index (χ4v) is 1.31. The molecule has 0 atom stereocenters. The molecule has 1 aromatic heterocycles. The van der Waals surface area contributed by atoms with Crippen molar-refractivity contribution in [3.63, 3.8) is 0 Å². The average molecular weight is 254 g/mol. The lowest BCUT2D eigenvalue weighted by Crippen LogP contribution is -1.96. The molecular formula is C7H6BrF2NO2. The highest BCUT2D eigenvalue weighted by Crippen LogP contribution is 2.32. The molecule has 13 heavy (non-hydrogen) atoms. The van der Waals surface area contributed by atoms with Gasteiger partial charge < -0.3 is 10.2 Å². The summed E-state index contributed by atoms with van der Waals surface area (Å²) in [6, 6.07) is 1.01. The Morgan fingerprint density at radius 2 is 2.15 bits per heavy atom. The molecular weight excluding hydrogens is 248 g/mol. The second-order valence-corrected chi connectivity index (χ2v) is 3.10. The zero-order valence-corrected chi connectivity index (χ0v) is 7.92. The normalized spacial score (nSPS) is 10.8. The minimum absolute atomic E-state index is 0.157. The van der Waals surface area contributed by atoms with Gasteiger partial charge in [0.05, 0.1) is 12.2 Å². The quantitative estimate of drug-likeness (QED) is 0.793. The van der Waals surface area contributed by atoms with E-state index in [2.05, 4.69) is 20.9 Å². The van der Waals surface area contributed by atoms with E-state index >= 15 is 0 Å². The first-order valence-electron chi connectivity index (χ1n) is 3.33. The third-order valence-corrected chi connectivity index (χ3v) is 1.85. The van der Waals surface area contributed by atoms with Gasteiger partial charge in [-0.25, -0.2) is 13.8 Å². The van der Waals surface area contributed by atoms with Gasteiger partial charge in [-0.2, -0.15) is 0 Å². The Kier molecular flexibility index (Phi) is 3.16. The predicted molar refractivity (Wildman–Crippen MR) is 44.5 cm³/mol. The number of rotatable bonds is 2. The number of pyridine rings is 1. The van der Waals surface area contributed by atoms with Crippen molar-refractivity contribution in [1.82, 2.24) is 4.98 Å². The molecule has 0 bridgehead atoms. The second-order valence-electron chi connectivity index (χ2n) is 2.29. The van der Waals surface area contributed by atoms with Crippen molar-refractivity contribution >= 4 is 15.9 Å². The summed E-state index contributed by atoms with van der Waals surface area (Å²) in [6.07, 6.45) is -2.79. The third kappa shape index (κ3) is 2.13. The summed E-state index contributed by atoms with van der Waals surface area (Å²) in [7, 11) is 0. The van der Waals surface area contributed by atoms with Crippen LogP contribution in [0, 0.1) is 0 Å². The molecule has 0 saturated carbocycles. The van der Waals surface area contributed by atoms with Crippen molar-refractivity contribution in [2.75, 3.05) is 0 Å². The minimum atomic E-state index is -2.79. The molecule has 6 heteroatoms. The molecule has 0 spiro atoms. The van der Waals surface area contributed by atoms with Gasteiger partial charge >= 0.3 is 0 Å². The Hall–Kier alpha value is -0.750. The molecule has 72 valence electrons. The zero-order chi connectivity index (χ0) is 10.0. The first-order chi connectivity index (χ1) is 6.06. The fraction of sp³-hybridized carbons (Fsp3) is 0.286. The summed E-state index contributed by atoms with van der Waals surface area (Å²) >= 11 is 2.89. The number of hydrogen-bond acceptors (Lipinski definition) is 3. The van der Waals surface area contributed by atoms with E-state index in [1.54, 1.807) is 0 Å². The van der Waals surface area contributed by atoms with Gasteiger partial charge in [0.1, 0.15) is 16.0 Å². The van der Waals surface area contributed by atoms with E-state index in [0.29, 0.717) is 0 Å².